The molecule has 0 radical (unpaired) electrons. The minimum Gasteiger partial charge on any atom is -0.395 e. The first-order valence-electron chi connectivity index (χ1n) is 5.72. The van der Waals surface area contributed by atoms with Gasteiger partial charge in [0.1, 0.15) is 0 Å². The molecule has 1 N–H and O–H groups in total. The fraction of sp³-hybridized carbons (Fsp3) is 1.00. The maximum Gasteiger partial charge on any atom is 0.0586 e. The van der Waals surface area contributed by atoms with Crippen molar-refractivity contribution in [3.63, 3.8) is 0 Å². The minimum atomic E-state index is 0.309. The number of aliphatic hydroxyl groups excluding tert-OH is 1. The highest BCUT2D eigenvalue weighted by Gasteiger charge is 2.45. The lowest BCUT2D eigenvalue weighted by Crippen LogP contribution is -2.62. The van der Waals surface area contributed by atoms with E-state index in [1.807, 2.05) is 0 Å². The van der Waals surface area contributed by atoms with Gasteiger partial charge in [-0.1, -0.05) is 6.92 Å². The van der Waals surface area contributed by atoms with Crippen LogP contribution in [0, 0.1) is 5.41 Å². The SMILES string of the molecule is CCC(CO)N1CC2(CCOCC2)C1. The van der Waals surface area contributed by atoms with Crippen LogP contribution in [-0.2, 0) is 4.74 Å². The smallest absolute Gasteiger partial charge is 0.0586 e. The quantitative estimate of drug-likeness (QED) is 0.732. The second-order valence-electron chi connectivity index (χ2n) is 4.76. The number of hydrogen-bond acceptors (Lipinski definition) is 3. The summed E-state index contributed by atoms with van der Waals surface area (Å²) in [6.45, 7) is 6.68. The summed E-state index contributed by atoms with van der Waals surface area (Å²) in [6.07, 6.45) is 3.49. The van der Waals surface area contributed by atoms with Gasteiger partial charge in [-0.25, -0.2) is 0 Å². The summed E-state index contributed by atoms with van der Waals surface area (Å²) in [5.41, 5.74) is 0.542. The van der Waals surface area contributed by atoms with Crippen LogP contribution in [0.4, 0.5) is 0 Å². The van der Waals surface area contributed by atoms with Gasteiger partial charge in [0.15, 0.2) is 0 Å². The van der Waals surface area contributed by atoms with Crippen LogP contribution in [0.25, 0.3) is 0 Å². The van der Waals surface area contributed by atoms with Gasteiger partial charge in [-0.2, -0.15) is 0 Å². The summed E-state index contributed by atoms with van der Waals surface area (Å²) >= 11 is 0. The molecule has 2 heterocycles. The Hall–Kier alpha value is -0.120. The van der Waals surface area contributed by atoms with E-state index in [0.29, 0.717) is 18.1 Å². The summed E-state index contributed by atoms with van der Waals surface area (Å²) < 4.78 is 5.38. The molecule has 1 spiro atoms. The molecule has 0 aromatic rings. The van der Waals surface area contributed by atoms with Crippen molar-refractivity contribution in [3.05, 3.63) is 0 Å². The summed E-state index contributed by atoms with van der Waals surface area (Å²) in [7, 11) is 0. The first-order chi connectivity index (χ1) is 6.79. The normalized spacial score (nSPS) is 28.7. The summed E-state index contributed by atoms with van der Waals surface area (Å²) in [4.78, 5) is 2.42. The Morgan fingerprint density at radius 3 is 2.50 bits per heavy atom. The predicted molar refractivity (Wildman–Crippen MR) is 55.2 cm³/mol. The topological polar surface area (TPSA) is 32.7 Å². The van der Waals surface area contributed by atoms with E-state index < -0.39 is 0 Å². The van der Waals surface area contributed by atoms with Gasteiger partial charge in [-0.05, 0) is 19.3 Å². The number of likely N-dealkylation sites (tertiary alicyclic amines) is 1. The predicted octanol–water partition coefficient (Wildman–Crippen LogP) is 0.870. The highest BCUT2D eigenvalue weighted by molar-refractivity contribution is 4.98. The molecule has 0 aliphatic carbocycles. The maximum absolute atomic E-state index is 9.18. The Labute approximate surface area is 86.0 Å². The highest BCUT2D eigenvalue weighted by Crippen LogP contribution is 2.40. The minimum absolute atomic E-state index is 0.309. The molecular formula is C11H21NO2. The number of hydrogen-bond donors (Lipinski definition) is 1. The largest absolute Gasteiger partial charge is 0.395 e. The molecule has 2 rings (SSSR count). The Bertz CT molecular complexity index is 178. The Morgan fingerprint density at radius 2 is 2.00 bits per heavy atom. The molecular weight excluding hydrogens is 178 g/mol. The molecule has 3 nitrogen and oxygen atoms in total. The van der Waals surface area contributed by atoms with Gasteiger partial charge in [0.05, 0.1) is 6.61 Å². The summed E-state index contributed by atoms with van der Waals surface area (Å²) in [6, 6.07) is 0.392. The van der Waals surface area contributed by atoms with E-state index in [9.17, 15) is 5.11 Å². The first kappa shape index (κ1) is 10.4. The van der Waals surface area contributed by atoms with E-state index in [1.165, 1.54) is 25.9 Å². The molecule has 0 bridgehead atoms. The number of ether oxygens (including phenoxy) is 1. The average molecular weight is 199 g/mol. The fourth-order valence-corrected chi connectivity index (χ4v) is 2.70. The Kier molecular flexibility index (Phi) is 3.10. The van der Waals surface area contributed by atoms with Crippen LogP contribution in [0.5, 0.6) is 0 Å². The Balaban J connectivity index is 1.82. The molecule has 0 saturated carbocycles. The van der Waals surface area contributed by atoms with Crippen molar-refractivity contribution in [2.75, 3.05) is 32.9 Å². The molecule has 14 heavy (non-hydrogen) atoms. The highest BCUT2D eigenvalue weighted by atomic mass is 16.5. The molecule has 3 heteroatoms. The third-order valence-electron chi connectivity index (χ3n) is 3.83. The standard InChI is InChI=1S/C11H21NO2/c1-2-10(7-13)12-8-11(9-12)3-5-14-6-4-11/h10,13H,2-9H2,1H3. The van der Waals surface area contributed by atoms with Crippen molar-refractivity contribution in [2.45, 2.75) is 32.2 Å². The lowest BCUT2D eigenvalue weighted by atomic mass is 9.72. The van der Waals surface area contributed by atoms with Crippen LogP contribution in [0.15, 0.2) is 0 Å². The van der Waals surface area contributed by atoms with E-state index in [1.54, 1.807) is 0 Å². The molecule has 1 atom stereocenters. The van der Waals surface area contributed by atoms with Crippen molar-refractivity contribution in [1.29, 1.82) is 0 Å². The van der Waals surface area contributed by atoms with Crippen molar-refractivity contribution in [3.8, 4) is 0 Å². The molecule has 0 amide bonds. The van der Waals surface area contributed by atoms with Crippen molar-refractivity contribution in [2.24, 2.45) is 5.41 Å². The van der Waals surface area contributed by atoms with E-state index in [0.717, 1.165) is 19.6 Å². The summed E-state index contributed by atoms with van der Waals surface area (Å²) in [5, 5.41) is 9.18. The third kappa shape index (κ3) is 1.81. The Morgan fingerprint density at radius 1 is 1.36 bits per heavy atom. The second-order valence-corrected chi connectivity index (χ2v) is 4.76. The zero-order chi connectivity index (χ0) is 10.0. The molecule has 2 aliphatic rings. The molecule has 0 aromatic heterocycles. The molecule has 1 unspecified atom stereocenters. The van der Waals surface area contributed by atoms with Crippen molar-refractivity contribution < 1.29 is 9.84 Å². The van der Waals surface area contributed by atoms with Gasteiger partial charge >= 0.3 is 0 Å². The molecule has 2 aliphatic heterocycles. The van der Waals surface area contributed by atoms with Gasteiger partial charge in [-0.15, -0.1) is 0 Å². The average Bonchev–Trinajstić information content (AvgIpc) is 2.19. The number of aliphatic hydroxyl groups is 1. The van der Waals surface area contributed by atoms with Gasteiger partial charge in [0.25, 0.3) is 0 Å². The van der Waals surface area contributed by atoms with Crippen LogP contribution in [0.3, 0.4) is 0 Å². The third-order valence-corrected chi connectivity index (χ3v) is 3.83. The van der Waals surface area contributed by atoms with E-state index in [4.69, 9.17) is 4.74 Å². The lowest BCUT2D eigenvalue weighted by Gasteiger charge is -2.54. The van der Waals surface area contributed by atoms with Gasteiger partial charge < -0.3 is 9.84 Å². The second kappa shape index (κ2) is 4.17. The van der Waals surface area contributed by atoms with E-state index in [-0.39, 0.29) is 0 Å². The van der Waals surface area contributed by atoms with E-state index >= 15 is 0 Å². The molecule has 2 saturated heterocycles. The monoisotopic (exact) mass is 199 g/mol. The van der Waals surface area contributed by atoms with Crippen molar-refractivity contribution in [1.82, 2.24) is 4.90 Å². The van der Waals surface area contributed by atoms with Crippen LogP contribution in [-0.4, -0.2) is 49.0 Å². The van der Waals surface area contributed by atoms with Crippen LogP contribution >= 0.6 is 0 Å². The van der Waals surface area contributed by atoms with E-state index in [2.05, 4.69) is 11.8 Å². The van der Waals surface area contributed by atoms with Crippen LogP contribution in [0.1, 0.15) is 26.2 Å². The zero-order valence-corrected chi connectivity index (χ0v) is 9.04. The van der Waals surface area contributed by atoms with Gasteiger partial charge in [0.2, 0.25) is 0 Å². The van der Waals surface area contributed by atoms with Crippen LogP contribution in [0.2, 0.25) is 0 Å². The molecule has 82 valence electrons. The maximum atomic E-state index is 9.18. The molecule has 0 aromatic carbocycles. The lowest BCUT2D eigenvalue weighted by molar-refractivity contribution is -0.104. The molecule has 2 fully saturated rings. The fourth-order valence-electron chi connectivity index (χ4n) is 2.70. The first-order valence-corrected chi connectivity index (χ1v) is 5.72. The van der Waals surface area contributed by atoms with Crippen molar-refractivity contribution >= 4 is 0 Å². The van der Waals surface area contributed by atoms with Crippen LogP contribution < -0.4 is 0 Å². The number of rotatable bonds is 3. The zero-order valence-electron chi connectivity index (χ0n) is 9.04. The number of nitrogens with zero attached hydrogens (tertiary/aromatic N) is 1. The van der Waals surface area contributed by atoms with Gasteiger partial charge in [-0.3, -0.25) is 4.90 Å². The summed E-state index contributed by atoms with van der Waals surface area (Å²) in [5.74, 6) is 0. The van der Waals surface area contributed by atoms with Gasteiger partial charge in [0, 0.05) is 37.8 Å².